The van der Waals surface area contributed by atoms with Crippen LogP contribution in [-0.2, 0) is 19.5 Å². The Morgan fingerprint density at radius 1 is 1.33 bits per heavy atom. The van der Waals surface area contributed by atoms with Gasteiger partial charge in [0.15, 0.2) is 0 Å². The first-order valence-electron chi connectivity index (χ1n) is 8.64. The maximum atomic E-state index is 4.69. The smallest absolute Gasteiger partial charge is 0.0625 e. The average molecular weight is 292 g/mol. The highest BCUT2D eigenvalue weighted by Crippen LogP contribution is 2.18. The fourth-order valence-electron chi connectivity index (χ4n) is 3.15. The van der Waals surface area contributed by atoms with Crippen LogP contribution in [-0.4, -0.2) is 40.4 Å². The van der Waals surface area contributed by atoms with E-state index in [2.05, 4.69) is 53.8 Å². The molecule has 0 aromatic carbocycles. The van der Waals surface area contributed by atoms with Crippen molar-refractivity contribution < 1.29 is 0 Å². The molecule has 2 rings (SSSR count). The molecule has 0 spiro atoms. The molecule has 0 unspecified atom stereocenters. The fraction of sp³-hybridized carbons (Fsp3) is 0.824. The molecule has 1 N–H and O–H groups in total. The second-order valence-electron chi connectivity index (χ2n) is 6.51. The number of nitrogens with zero attached hydrogens (tertiary/aromatic N) is 3. The Labute approximate surface area is 129 Å². The maximum Gasteiger partial charge on any atom is 0.0625 e. The Morgan fingerprint density at radius 2 is 2.05 bits per heavy atom. The topological polar surface area (TPSA) is 33.1 Å². The molecule has 0 amide bonds. The maximum absolute atomic E-state index is 4.69. The van der Waals surface area contributed by atoms with Gasteiger partial charge in [0.1, 0.15) is 0 Å². The van der Waals surface area contributed by atoms with Crippen LogP contribution < -0.4 is 5.32 Å². The lowest BCUT2D eigenvalue weighted by Gasteiger charge is -2.32. The molecule has 1 aromatic rings. The van der Waals surface area contributed by atoms with Crippen LogP contribution in [0.2, 0.25) is 0 Å². The Hall–Kier alpha value is -0.870. The Morgan fingerprint density at radius 3 is 2.62 bits per heavy atom. The predicted molar refractivity (Wildman–Crippen MR) is 88.4 cm³/mol. The van der Waals surface area contributed by atoms with Crippen LogP contribution in [0, 0.1) is 5.92 Å². The monoisotopic (exact) mass is 292 g/mol. The number of hydrogen-bond donors (Lipinski definition) is 1. The van der Waals surface area contributed by atoms with Crippen molar-refractivity contribution in [3.8, 4) is 0 Å². The molecule has 4 nitrogen and oxygen atoms in total. The molecule has 1 aliphatic rings. The minimum Gasteiger partial charge on any atom is -0.317 e. The third kappa shape index (κ3) is 4.55. The van der Waals surface area contributed by atoms with Gasteiger partial charge in [-0.2, -0.15) is 5.10 Å². The number of piperidine rings is 1. The van der Waals surface area contributed by atoms with Crippen LogP contribution >= 0.6 is 0 Å². The van der Waals surface area contributed by atoms with E-state index >= 15 is 0 Å². The third-order valence-electron chi connectivity index (χ3n) is 4.62. The zero-order chi connectivity index (χ0) is 15.2. The Bertz CT molecular complexity index is 418. The van der Waals surface area contributed by atoms with E-state index in [1.165, 1.54) is 43.9 Å². The van der Waals surface area contributed by atoms with Gasteiger partial charge < -0.3 is 5.32 Å². The van der Waals surface area contributed by atoms with E-state index in [0.29, 0.717) is 6.04 Å². The fourth-order valence-corrected chi connectivity index (χ4v) is 3.15. The lowest BCUT2D eigenvalue weighted by Crippen LogP contribution is -2.39. The highest BCUT2D eigenvalue weighted by Gasteiger charge is 2.20. The number of hydrogen-bond acceptors (Lipinski definition) is 3. The summed E-state index contributed by atoms with van der Waals surface area (Å²) in [5, 5.41) is 8.15. The molecule has 0 radical (unpaired) electrons. The van der Waals surface area contributed by atoms with Crippen molar-refractivity contribution in [3.63, 3.8) is 0 Å². The number of aromatic nitrogens is 2. The van der Waals surface area contributed by atoms with E-state index in [9.17, 15) is 0 Å². The normalized spacial score (nSPS) is 17.0. The minimum absolute atomic E-state index is 0.588. The molecule has 1 saturated heterocycles. The first-order chi connectivity index (χ1) is 10.1. The summed E-state index contributed by atoms with van der Waals surface area (Å²) in [5.74, 6) is 0.845. The van der Waals surface area contributed by atoms with Crippen molar-refractivity contribution in [2.75, 3.05) is 19.6 Å². The van der Waals surface area contributed by atoms with Gasteiger partial charge in [0, 0.05) is 25.7 Å². The molecule has 120 valence electrons. The SMILES string of the molecule is CCc1cc(CN(CC2CCNCC2)C(C)C)n(CC)n1. The number of aryl methyl sites for hydroxylation is 2. The lowest BCUT2D eigenvalue weighted by atomic mass is 9.97. The minimum atomic E-state index is 0.588. The molecular formula is C17H32N4. The van der Waals surface area contributed by atoms with Gasteiger partial charge in [-0.05, 0) is 65.1 Å². The highest BCUT2D eigenvalue weighted by molar-refractivity contribution is 5.10. The number of nitrogens with one attached hydrogen (secondary N) is 1. The molecule has 0 saturated carbocycles. The van der Waals surface area contributed by atoms with Crippen molar-refractivity contribution in [1.82, 2.24) is 20.0 Å². The summed E-state index contributed by atoms with van der Waals surface area (Å²) < 4.78 is 2.18. The van der Waals surface area contributed by atoms with Crippen LogP contribution in [0.5, 0.6) is 0 Å². The van der Waals surface area contributed by atoms with Crippen molar-refractivity contribution in [3.05, 3.63) is 17.5 Å². The van der Waals surface area contributed by atoms with E-state index in [1.807, 2.05) is 0 Å². The molecule has 1 aromatic heterocycles. The van der Waals surface area contributed by atoms with Crippen molar-refractivity contribution >= 4 is 0 Å². The molecule has 1 aliphatic heterocycles. The lowest BCUT2D eigenvalue weighted by molar-refractivity contribution is 0.158. The summed E-state index contributed by atoms with van der Waals surface area (Å²) in [6, 6.07) is 2.88. The van der Waals surface area contributed by atoms with Crippen LogP contribution in [0.3, 0.4) is 0 Å². The summed E-state index contributed by atoms with van der Waals surface area (Å²) in [4.78, 5) is 2.62. The third-order valence-corrected chi connectivity index (χ3v) is 4.62. The van der Waals surface area contributed by atoms with Gasteiger partial charge >= 0.3 is 0 Å². The molecule has 0 bridgehead atoms. The number of rotatable bonds is 7. The quantitative estimate of drug-likeness (QED) is 0.839. The summed E-state index contributed by atoms with van der Waals surface area (Å²) in [6.07, 6.45) is 3.66. The van der Waals surface area contributed by atoms with Crippen LogP contribution in [0.25, 0.3) is 0 Å². The summed E-state index contributed by atoms with van der Waals surface area (Å²) in [5.41, 5.74) is 2.59. The standard InChI is InChI=1S/C17H32N4/c1-5-16-11-17(21(6-2)19-16)13-20(14(3)4)12-15-7-9-18-10-8-15/h11,14-15,18H,5-10,12-13H2,1-4H3. The van der Waals surface area contributed by atoms with E-state index in [1.54, 1.807) is 0 Å². The van der Waals surface area contributed by atoms with Gasteiger partial charge in [-0.25, -0.2) is 0 Å². The summed E-state index contributed by atoms with van der Waals surface area (Å²) in [6.45, 7) is 14.6. The molecule has 4 heteroatoms. The molecule has 1 fully saturated rings. The first-order valence-corrected chi connectivity index (χ1v) is 8.64. The van der Waals surface area contributed by atoms with Gasteiger partial charge in [-0.3, -0.25) is 9.58 Å². The van der Waals surface area contributed by atoms with Crippen LogP contribution in [0.4, 0.5) is 0 Å². The Kier molecular flexibility index (Phi) is 6.24. The average Bonchev–Trinajstić information content (AvgIpc) is 2.89. The van der Waals surface area contributed by atoms with E-state index in [4.69, 9.17) is 0 Å². The van der Waals surface area contributed by atoms with Gasteiger partial charge in [-0.1, -0.05) is 6.92 Å². The molecular weight excluding hydrogens is 260 g/mol. The second kappa shape index (κ2) is 7.95. The van der Waals surface area contributed by atoms with Crippen LogP contribution in [0.1, 0.15) is 51.9 Å². The highest BCUT2D eigenvalue weighted by atomic mass is 15.3. The predicted octanol–water partition coefficient (Wildman–Crippen LogP) is 2.68. The van der Waals surface area contributed by atoms with Gasteiger partial charge in [0.2, 0.25) is 0 Å². The largest absolute Gasteiger partial charge is 0.317 e. The van der Waals surface area contributed by atoms with Crippen molar-refractivity contribution in [2.45, 2.75) is 66.1 Å². The zero-order valence-corrected chi connectivity index (χ0v) is 14.2. The van der Waals surface area contributed by atoms with Gasteiger partial charge in [0.05, 0.1) is 11.4 Å². The molecule has 0 atom stereocenters. The summed E-state index contributed by atoms with van der Waals surface area (Å²) in [7, 11) is 0. The Balaban J connectivity index is 2.03. The zero-order valence-electron chi connectivity index (χ0n) is 14.2. The van der Waals surface area contributed by atoms with Crippen LogP contribution in [0.15, 0.2) is 6.07 Å². The first kappa shape index (κ1) is 16.5. The van der Waals surface area contributed by atoms with Gasteiger partial charge in [-0.15, -0.1) is 0 Å². The second-order valence-corrected chi connectivity index (χ2v) is 6.51. The van der Waals surface area contributed by atoms with E-state index in [-0.39, 0.29) is 0 Å². The van der Waals surface area contributed by atoms with Crippen molar-refractivity contribution in [1.29, 1.82) is 0 Å². The molecule has 2 heterocycles. The van der Waals surface area contributed by atoms with E-state index in [0.717, 1.165) is 25.4 Å². The van der Waals surface area contributed by atoms with E-state index < -0.39 is 0 Å². The summed E-state index contributed by atoms with van der Waals surface area (Å²) >= 11 is 0. The molecule has 21 heavy (non-hydrogen) atoms. The molecule has 0 aliphatic carbocycles. The van der Waals surface area contributed by atoms with Crippen molar-refractivity contribution in [2.24, 2.45) is 5.92 Å². The van der Waals surface area contributed by atoms with Gasteiger partial charge in [0.25, 0.3) is 0 Å².